The van der Waals surface area contributed by atoms with Crippen LogP contribution in [0.25, 0.3) is 55.6 Å². The minimum absolute atomic E-state index is 0.000649. The van der Waals surface area contributed by atoms with Crippen LogP contribution in [0.15, 0.2) is 121 Å². The number of unbranched alkanes of at least 4 members (excludes halogenated alkanes) is 6. The van der Waals surface area contributed by atoms with E-state index in [1.807, 2.05) is 0 Å². The molecule has 0 atom stereocenters. The van der Waals surface area contributed by atoms with Gasteiger partial charge in [-0.3, -0.25) is 0 Å². The van der Waals surface area contributed by atoms with Crippen LogP contribution in [0.5, 0.6) is 0 Å². The Labute approximate surface area is 382 Å². The highest BCUT2D eigenvalue weighted by atomic mass is 14.5. The van der Waals surface area contributed by atoms with Crippen LogP contribution >= 0.6 is 0 Å². The van der Waals surface area contributed by atoms with E-state index >= 15 is 0 Å². The van der Waals surface area contributed by atoms with Gasteiger partial charge in [0.05, 0.1) is 0 Å². The van der Waals surface area contributed by atoms with Crippen LogP contribution in [-0.2, 0) is 16.2 Å². The smallest absolute Gasteiger partial charge is 0.0215 e. The molecule has 0 heteroatoms. The van der Waals surface area contributed by atoms with E-state index in [1.165, 1.54) is 171 Å². The van der Waals surface area contributed by atoms with Crippen molar-refractivity contribution >= 4 is 0 Å². The van der Waals surface area contributed by atoms with Crippen molar-refractivity contribution in [2.75, 3.05) is 0 Å². The molecule has 0 saturated heterocycles. The summed E-state index contributed by atoms with van der Waals surface area (Å²) in [6.45, 7) is 14.2. The molecule has 3 aliphatic carbocycles. The first kappa shape index (κ1) is 43.6. The van der Waals surface area contributed by atoms with Crippen molar-refractivity contribution in [3.8, 4) is 55.6 Å². The number of hydrogen-bond donors (Lipinski definition) is 0. The monoisotopic (exact) mass is 831 g/mol. The fraction of sp³-hybridized carbons (Fsp3) is 0.429. The first-order valence-electron chi connectivity index (χ1n) is 25.7. The highest BCUT2D eigenvalue weighted by Crippen LogP contribution is 2.59. The van der Waals surface area contributed by atoms with Crippen molar-refractivity contribution in [1.29, 1.82) is 0 Å². The second kappa shape index (κ2) is 18.4. The van der Waals surface area contributed by atoms with Gasteiger partial charge in [-0.05, 0) is 152 Å². The first-order valence-corrected chi connectivity index (χ1v) is 25.7. The minimum atomic E-state index is 0.000649. The zero-order valence-corrected chi connectivity index (χ0v) is 39.8. The summed E-state index contributed by atoms with van der Waals surface area (Å²) in [6.07, 6.45) is 22.2. The summed E-state index contributed by atoms with van der Waals surface area (Å²) in [5.41, 5.74) is 23.9. The lowest BCUT2D eigenvalue weighted by molar-refractivity contribution is 0.414. The highest BCUT2D eigenvalue weighted by Gasteiger charge is 2.45. The van der Waals surface area contributed by atoms with Gasteiger partial charge in [-0.25, -0.2) is 0 Å². The topological polar surface area (TPSA) is 0 Å². The molecule has 0 fully saturated rings. The summed E-state index contributed by atoms with van der Waals surface area (Å²) in [6, 6.07) is 49.1. The second-order valence-electron chi connectivity index (χ2n) is 20.0. The van der Waals surface area contributed by atoms with E-state index in [-0.39, 0.29) is 16.2 Å². The molecule has 0 bridgehead atoms. The molecule has 3 aliphatic rings. The summed E-state index contributed by atoms with van der Waals surface area (Å²) in [7, 11) is 0. The Bertz CT molecular complexity index is 2370. The molecule has 0 radical (unpaired) electrons. The van der Waals surface area contributed by atoms with Crippen LogP contribution in [0.2, 0.25) is 0 Å². The lowest BCUT2D eigenvalue weighted by Gasteiger charge is -2.34. The maximum Gasteiger partial charge on any atom is 0.0215 e. The SMILES string of the molecule is CCCCC1(CCCC)c2ccccc2-c2ccc(-c3ccc4c(c3)C(CCCC)(CCCC)c3cc(-c5ccc6c(c5)C(CCCC)(CCCC)c5ccccc5-6)ccc3-4)cc21. The molecule has 0 aromatic heterocycles. The van der Waals surface area contributed by atoms with Crippen molar-refractivity contribution in [2.45, 2.75) is 173 Å². The maximum absolute atomic E-state index is 2.66. The highest BCUT2D eigenvalue weighted by molar-refractivity contribution is 5.89. The second-order valence-corrected chi connectivity index (χ2v) is 20.0. The van der Waals surface area contributed by atoms with Crippen LogP contribution in [-0.4, -0.2) is 0 Å². The van der Waals surface area contributed by atoms with E-state index in [0.717, 1.165) is 0 Å². The summed E-state index contributed by atoms with van der Waals surface area (Å²) in [5.74, 6) is 0. The average molecular weight is 831 g/mol. The molecule has 0 aliphatic heterocycles. The van der Waals surface area contributed by atoms with Gasteiger partial charge in [-0.1, -0.05) is 216 Å². The molecule has 0 amide bonds. The lowest BCUT2D eigenvalue weighted by Crippen LogP contribution is -2.26. The predicted octanol–water partition coefficient (Wildman–Crippen LogP) is 19.0. The van der Waals surface area contributed by atoms with E-state index in [0.29, 0.717) is 0 Å². The molecule has 6 aromatic rings. The molecule has 0 saturated carbocycles. The van der Waals surface area contributed by atoms with E-state index < -0.39 is 0 Å². The molecule has 63 heavy (non-hydrogen) atoms. The average Bonchev–Trinajstić information content (AvgIpc) is 3.88. The Morgan fingerprint density at radius 1 is 0.254 bits per heavy atom. The van der Waals surface area contributed by atoms with Gasteiger partial charge in [-0.15, -0.1) is 0 Å². The fourth-order valence-corrected chi connectivity index (χ4v) is 13.0. The zero-order chi connectivity index (χ0) is 43.6. The van der Waals surface area contributed by atoms with Crippen LogP contribution in [0.3, 0.4) is 0 Å². The van der Waals surface area contributed by atoms with Crippen LogP contribution in [0.1, 0.15) is 190 Å². The summed E-state index contributed by atoms with van der Waals surface area (Å²) in [5, 5.41) is 0. The molecule has 326 valence electrons. The number of rotatable bonds is 20. The lowest BCUT2D eigenvalue weighted by atomic mass is 9.69. The molecular formula is C63H74. The Balaban J connectivity index is 1.16. The Morgan fingerprint density at radius 2 is 0.476 bits per heavy atom. The van der Waals surface area contributed by atoms with Gasteiger partial charge in [-0.2, -0.15) is 0 Å². The summed E-state index contributed by atoms with van der Waals surface area (Å²) < 4.78 is 0. The van der Waals surface area contributed by atoms with Gasteiger partial charge in [0.15, 0.2) is 0 Å². The van der Waals surface area contributed by atoms with Crippen molar-refractivity contribution in [2.24, 2.45) is 0 Å². The first-order chi connectivity index (χ1) is 30.9. The number of benzene rings is 6. The molecule has 0 N–H and O–H groups in total. The fourth-order valence-electron chi connectivity index (χ4n) is 13.0. The van der Waals surface area contributed by atoms with Crippen molar-refractivity contribution < 1.29 is 0 Å². The van der Waals surface area contributed by atoms with Gasteiger partial charge in [0.2, 0.25) is 0 Å². The molecule has 6 aromatic carbocycles. The normalized spacial score (nSPS) is 15.4. The Morgan fingerprint density at radius 3 is 0.730 bits per heavy atom. The standard InChI is InChI=1S/C63H74/c1-7-13-35-61(36-14-8-2)55-25-21-19-23-49(55)51-31-27-45(41-57(51)61)47-29-33-53-54-34-30-48(44-60(54)63(39-17-11-5,40-18-12-6)59(53)43-47)46-28-32-52-50-24-20-22-26-56(50)62(37-15-9-3,38-16-10-4)58(52)42-46/h19-34,41-44H,7-18,35-40H2,1-6H3. The maximum atomic E-state index is 2.66. The van der Waals surface area contributed by atoms with E-state index in [4.69, 9.17) is 0 Å². The van der Waals surface area contributed by atoms with Crippen LogP contribution in [0, 0.1) is 0 Å². The summed E-state index contributed by atoms with van der Waals surface area (Å²) >= 11 is 0. The molecule has 0 unspecified atom stereocenters. The van der Waals surface area contributed by atoms with Crippen molar-refractivity contribution in [1.82, 2.24) is 0 Å². The quantitative estimate of drug-likeness (QED) is 0.0719. The molecule has 0 heterocycles. The molecule has 0 spiro atoms. The molecule has 0 nitrogen and oxygen atoms in total. The predicted molar refractivity (Wildman–Crippen MR) is 273 cm³/mol. The Hall–Kier alpha value is -4.68. The molecule has 9 rings (SSSR count). The van der Waals surface area contributed by atoms with E-state index in [9.17, 15) is 0 Å². The third-order valence-electron chi connectivity index (χ3n) is 16.3. The van der Waals surface area contributed by atoms with Gasteiger partial charge >= 0.3 is 0 Å². The minimum Gasteiger partial charge on any atom is -0.0654 e. The number of fused-ring (bicyclic) bond motifs is 9. The largest absolute Gasteiger partial charge is 0.0654 e. The summed E-state index contributed by atoms with van der Waals surface area (Å²) in [4.78, 5) is 0. The molecular weight excluding hydrogens is 757 g/mol. The van der Waals surface area contributed by atoms with Gasteiger partial charge < -0.3 is 0 Å². The van der Waals surface area contributed by atoms with Crippen LogP contribution in [0.4, 0.5) is 0 Å². The third-order valence-corrected chi connectivity index (χ3v) is 16.3. The third kappa shape index (κ3) is 7.27. The van der Waals surface area contributed by atoms with E-state index in [2.05, 4.69) is 163 Å². The van der Waals surface area contributed by atoms with E-state index in [1.54, 1.807) is 33.4 Å². The van der Waals surface area contributed by atoms with Gasteiger partial charge in [0.25, 0.3) is 0 Å². The van der Waals surface area contributed by atoms with Crippen molar-refractivity contribution in [3.63, 3.8) is 0 Å². The van der Waals surface area contributed by atoms with Crippen molar-refractivity contribution in [3.05, 3.63) is 155 Å². The Kier molecular flexibility index (Phi) is 12.7. The van der Waals surface area contributed by atoms with Gasteiger partial charge in [0, 0.05) is 16.2 Å². The van der Waals surface area contributed by atoms with Gasteiger partial charge in [0.1, 0.15) is 0 Å². The number of hydrogen-bond acceptors (Lipinski definition) is 0. The van der Waals surface area contributed by atoms with Crippen LogP contribution < -0.4 is 0 Å². The zero-order valence-electron chi connectivity index (χ0n) is 39.8.